The highest BCUT2D eigenvalue weighted by molar-refractivity contribution is 7.16. The number of aryl methyl sites for hydroxylation is 1. The van der Waals surface area contributed by atoms with Crippen LogP contribution in [0.1, 0.15) is 47.0 Å². The Bertz CT molecular complexity index is 411. The summed E-state index contributed by atoms with van der Waals surface area (Å²) in [5, 5.41) is 0.591. The van der Waals surface area contributed by atoms with Crippen LogP contribution < -0.4 is 11.5 Å². The highest BCUT2D eigenvalue weighted by Gasteiger charge is 2.30. The van der Waals surface area contributed by atoms with Crippen LogP contribution in [-0.2, 0) is 6.42 Å². The first kappa shape index (κ1) is 10.5. The summed E-state index contributed by atoms with van der Waals surface area (Å²) >= 11 is 1.53. The van der Waals surface area contributed by atoms with Crippen LogP contribution in [0.2, 0.25) is 0 Å². The van der Waals surface area contributed by atoms with Crippen molar-refractivity contribution >= 4 is 22.2 Å². The Morgan fingerprint density at radius 1 is 1.47 bits per heavy atom. The van der Waals surface area contributed by atoms with Crippen molar-refractivity contribution in [3.05, 3.63) is 16.0 Å². The van der Waals surface area contributed by atoms with Crippen LogP contribution in [0.4, 0.5) is 5.00 Å². The maximum Gasteiger partial charge on any atom is 0.251 e. The lowest BCUT2D eigenvalue weighted by Crippen LogP contribution is -2.20. The maximum absolute atomic E-state index is 11.4. The Morgan fingerprint density at radius 3 is 2.73 bits per heavy atom. The van der Waals surface area contributed by atoms with E-state index in [0.29, 0.717) is 22.4 Å². The molecule has 1 heterocycles. The number of amides is 1. The molecule has 2 unspecified atom stereocenters. The summed E-state index contributed by atoms with van der Waals surface area (Å²) in [5.41, 5.74) is 12.9. The summed E-state index contributed by atoms with van der Waals surface area (Å²) in [6, 6.07) is 0. The normalized spacial score (nSPS) is 24.9. The molecule has 1 aromatic heterocycles. The topological polar surface area (TPSA) is 69.1 Å². The number of hydrogen-bond donors (Lipinski definition) is 2. The van der Waals surface area contributed by atoms with E-state index in [1.165, 1.54) is 22.6 Å². The van der Waals surface area contributed by atoms with Crippen molar-refractivity contribution in [2.24, 2.45) is 11.7 Å². The lowest BCUT2D eigenvalue weighted by Gasteiger charge is -2.26. The third kappa shape index (κ3) is 1.53. The van der Waals surface area contributed by atoms with Gasteiger partial charge < -0.3 is 11.5 Å². The minimum atomic E-state index is -0.383. The van der Waals surface area contributed by atoms with Gasteiger partial charge in [0, 0.05) is 4.88 Å². The van der Waals surface area contributed by atoms with Gasteiger partial charge >= 0.3 is 0 Å². The molecule has 1 aliphatic rings. The van der Waals surface area contributed by atoms with E-state index < -0.39 is 0 Å². The molecule has 2 atom stereocenters. The number of rotatable bonds is 1. The third-order valence-corrected chi connectivity index (χ3v) is 4.53. The second-order valence-corrected chi connectivity index (χ2v) is 5.48. The summed E-state index contributed by atoms with van der Waals surface area (Å²) in [5.74, 6) is 0.611. The molecule has 15 heavy (non-hydrogen) atoms. The highest BCUT2D eigenvalue weighted by atomic mass is 32.1. The minimum absolute atomic E-state index is 0.383. The lowest BCUT2D eigenvalue weighted by atomic mass is 9.79. The molecule has 1 aromatic rings. The first-order chi connectivity index (χ1) is 7.02. The van der Waals surface area contributed by atoms with Gasteiger partial charge in [0.25, 0.3) is 5.91 Å². The number of nitrogens with two attached hydrogens (primary N) is 2. The first-order valence-electron chi connectivity index (χ1n) is 5.23. The van der Waals surface area contributed by atoms with E-state index >= 15 is 0 Å². The number of carbonyl (C=O) groups excluding carboxylic acids is 1. The molecule has 4 N–H and O–H groups in total. The van der Waals surface area contributed by atoms with Gasteiger partial charge in [0.05, 0.1) is 10.6 Å². The number of carbonyl (C=O) groups is 1. The molecule has 3 nitrogen and oxygen atoms in total. The third-order valence-electron chi connectivity index (χ3n) is 3.43. The molecule has 0 spiro atoms. The van der Waals surface area contributed by atoms with Crippen molar-refractivity contribution in [2.45, 2.75) is 32.6 Å². The Labute approximate surface area is 93.5 Å². The Balaban J connectivity index is 2.58. The van der Waals surface area contributed by atoms with E-state index in [2.05, 4.69) is 13.8 Å². The number of fused-ring (bicyclic) bond motifs is 1. The predicted octanol–water partition coefficient (Wildman–Crippen LogP) is 2.12. The van der Waals surface area contributed by atoms with Crippen molar-refractivity contribution in [3.63, 3.8) is 0 Å². The van der Waals surface area contributed by atoms with Crippen LogP contribution >= 0.6 is 11.3 Å². The van der Waals surface area contributed by atoms with Crippen molar-refractivity contribution in [1.82, 2.24) is 0 Å². The quantitative estimate of drug-likeness (QED) is 0.767. The summed E-state index contributed by atoms with van der Waals surface area (Å²) in [4.78, 5) is 12.6. The molecule has 0 radical (unpaired) electrons. The summed E-state index contributed by atoms with van der Waals surface area (Å²) < 4.78 is 0. The Hall–Kier alpha value is -1.03. The van der Waals surface area contributed by atoms with Gasteiger partial charge in [-0.25, -0.2) is 0 Å². The van der Waals surface area contributed by atoms with Crippen LogP contribution in [0, 0.1) is 5.92 Å². The smallest absolute Gasteiger partial charge is 0.251 e. The molecule has 1 aliphatic carbocycles. The first-order valence-corrected chi connectivity index (χ1v) is 6.04. The maximum atomic E-state index is 11.4. The van der Waals surface area contributed by atoms with Gasteiger partial charge in [0.1, 0.15) is 0 Å². The van der Waals surface area contributed by atoms with Crippen molar-refractivity contribution in [3.8, 4) is 0 Å². The van der Waals surface area contributed by atoms with Crippen LogP contribution in [0.15, 0.2) is 0 Å². The standard InChI is InChI=1S/C11H16N2OS/c1-5-3-4-7-8(6(5)2)9(10(12)14)11(13)15-7/h5-6H,3-4,13H2,1-2H3,(H2,12,14). The summed E-state index contributed by atoms with van der Waals surface area (Å²) in [6.45, 7) is 4.37. The van der Waals surface area contributed by atoms with E-state index in [1.807, 2.05) is 0 Å². The second kappa shape index (κ2) is 3.52. The van der Waals surface area contributed by atoms with Crippen molar-refractivity contribution in [1.29, 1.82) is 0 Å². The number of nitrogen functional groups attached to an aromatic ring is 1. The fourth-order valence-corrected chi connectivity index (χ4v) is 3.52. The summed E-state index contributed by atoms with van der Waals surface area (Å²) in [7, 11) is 0. The lowest BCUT2D eigenvalue weighted by molar-refractivity contribution is 0.0999. The van der Waals surface area contributed by atoms with Gasteiger partial charge in [0.2, 0.25) is 0 Å². The average Bonchev–Trinajstić information content (AvgIpc) is 2.49. The zero-order valence-electron chi connectivity index (χ0n) is 9.04. The van der Waals surface area contributed by atoms with Gasteiger partial charge in [-0.05, 0) is 30.2 Å². The van der Waals surface area contributed by atoms with E-state index in [-0.39, 0.29) is 5.91 Å². The molecular formula is C11H16N2OS. The molecule has 2 rings (SSSR count). The fraction of sp³-hybridized carbons (Fsp3) is 0.545. The molecule has 4 heteroatoms. The van der Waals surface area contributed by atoms with E-state index in [4.69, 9.17) is 11.5 Å². The molecule has 82 valence electrons. The largest absolute Gasteiger partial charge is 0.390 e. The SMILES string of the molecule is CC1CCc2sc(N)c(C(N)=O)c2C1C. The van der Waals surface area contributed by atoms with E-state index in [9.17, 15) is 4.79 Å². The zero-order valence-corrected chi connectivity index (χ0v) is 9.86. The number of hydrogen-bond acceptors (Lipinski definition) is 3. The number of thiophene rings is 1. The highest BCUT2D eigenvalue weighted by Crippen LogP contribution is 2.44. The van der Waals surface area contributed by atoms with E-state index in [0.717, 1.165) is 12.0 Å². The molecule has 0 saturated heterocycles. The zero-order chi connectivity index (χ0) is 11.2. The van der Waals surface area contributed by atoms with Gasteiger partial charge in [-0.15, -0.1) is 11.3 Å². The van der Waals surface area contributed by atoms with Crippen LogP contribution in [0.5, 0.6) is 0 Å². The molecule has 0 saturated carbocycles. The van der Waals surface area contributed by atoms with Crippen molar-refractivity contribution < 1.29 is 4.79 Å². The molecule has 0 bridgehead atoms. The molecular weight excluding hydrogens is 208 g/mol. The fourth-order valence-electron chi connectivity index (χ4n) is 2.33. The van der Waals surface area contributed by atoms with Crippen molar-refractivity contribution in [2.75, 3.05) is 5.73 Å². The molecule has 0 aliphatic heterocycles. The van der Waals surface area contributed by atoms with Crippen LogP contribution in [-0.4, -0.2) is 5.91 Å². The molecule has 0 fully saturated rings. The van der Waals surface area contributed by atoms with Crippen LogP contribution in [0.25, 0.3) is 0 Å². The number of primary amides is 1. The molecule has 1 amide bonds. The van der Waals surface area contributed by atoms with E-state index in [1.54, 1.807) is 0 Å². The molecule has 0 aromatic carbocycles. The predicted molar refractivity (Wildman–Crippen MR) is 63.1 cm³/mol. The monoisotopic (exact) mass is 224 g/mol. The van der Waals surface area contributed by atoms with Gasteiger partial charge in [0.15, 0.2) is 0 Å². The van der Waals surface area contributed by atoms with Gasteiger partial charge in [-0.2, -0.15) is 0 Å². The second-order valence-electron chi connectivity index (χ2n) is 4.35. The average molecular weight is 224 g/mol. The van der Waals surface area contributed by atoms with Gasteiger partial charge in [-0.1, -0.05) is 13.8 Å². The van der Waals surface area contributed by atoms with Crippen LogP contribution in [0.3, 0.4) is 0 Å². The summed E-state index contributed by atoms with van der Waals surface area (Å²) in [6.07, 6.45) is 2.20. The minimum Gasteiger partial charge on any atom is -0.390 e. The Morgan fingerprint density at radius 2 is 2.13 bits per heavy atom. The number of anilines is 1. The Kier molecular flexibility index (Phi) is 2.46. The van der Waals surface area contributed by atoms with Gasteiger partial charge in [-0.3, -0.25) is 4.79 Å².